The standard InChI is InChI=1S/C8H10ClNO4/c9-7-3(11)1-4(12)8(14)6(7)5(13)2-10/h1,5,11-14H,2,10H2. The summed E-state index contributed by atoms with van der Waals surface area (Å²) in [5.74, 6) is -1.57. The highest BCUT2D eigenvalue weighted by atomic mass is 35.5. The zero-order valence-corrected chi connectivity index (χ0v) is 7.86. The number of nitrogens with two attached hydrogens (primary N) is 1. The van der Waals surface area contributed by atoms with Gasteiger partial charge in [0, 0.05) is 18.2 Å². The number of aromatic hydroxyl groups is 3. The van der Waals surface area contributed by atoms with E-state index < -0.39 is 23.4 Å². The third kappa shape index (κ3) is 1.70. The number of rotatable bonds is 2. The first-order chi connectivity index (χ1) is 6.49. The molecule has 0 heterocycles. The van der Waals surface area contributed by atoms with Gasteiger partial charge in [-0.1, -0.05) is 11.6 Å². The number of aliphatic hydroxyl groups excluding tert-OH is 1. The first kappa shape index (κ1) is 10.9. The number of hydrogen-bond donors (Lipinski definition) is 5. The summed E-state index contributed by atoms with van der Waals surface area (Å²) in [5, 5.41) is 36.8. The van der Waals surface area contributed by atoms with Crippen LogP contribution in [0.25, 0.3) is 0 Å². The molecule has 1 aromatic rings. The predicted octanol–water partition coefficient (Wildman–Crippen LogP) is 0.449. The summed E-state index contributed by atoms with van der Waals surface area (Å²) >= 11 is 5.61. The van der Waals surface area contributed by atoms with Gasteiger partial charge in [-0.3, -0.25) is 0 Å². The Hall–Kier alpha value is -1.17. The Bertz CT molecular complexity index is 329. The maximum Gasteiger partial charge on any atom is 0.165 e. The molecular formula is C8H10ClNO4. The van der Waals surface area contributed by atoms with E-state index in [1.165, 1.54) is 0 Å². The van der Waals surface area contributed by atoms with Crippen LogP contribution in [0.1, 0.15) is 11.7 Å². The van der Waals surface area contributed by atoms with Crippen LogP contribution < -0.4 is 5.73 Å². The molecule has 0 aliphatic heterocycles. The van der Waals surface area contributed by atoms with Crippen molar-refractivity contribution < 1.29 is 20.4 Å². The fraction of sp³-hybridized carbons (Fsp3) is 0.250. The second kappa shape index (κ2) is 3.91. The van der Waals surface area contributed by atoms with Gasteiger partial charge in [0.15, 0.2) is 11.5 Å². The van der Waals surface area contributed by atoms with E-state index in [4.69, 9.17) is 22.4 Å². The monoisotopic (exact) mass is 219 g/mol. The van der Waals surface area contributed by atoms with Gasteiger partial charge < -0.3 is 26.2 Å². The topological polar surface area (TPSA) is 107 Å². The van der Waals surface area contributed by atoms with E-state index in [0.29, 0.717) is 0 Å². The predicted molar refractivity (Wildman–Crippen MR) is 50.5 cm³/mol. The molecule has 14 heavy (non-hydrogen) atoms. The number of phenols is 3. The zero-order valence-electron chi connectivity index (χ0n) is 7.11. The molecule has 0 aliphatic carbocycles. The number of hydrogen-bond acceptors (Lipinski definition) is 5. The molecule has 0 aliphatic rings. The normalized spacial score (nSPS) is 12.8. The van der Waals surface area contributed by atoms with Gasteiger partial charge in [-0.15, -0.1) is 0 Å². The van der Waals surface area contributed by atoms with Gasteiger partial charge in [0.25, 0.3) is 0 Å². The van der Waals surface area contributed by atoms with Crippen molar-refractivity contribution in [3.63, 3.8) is 0 Å². The highest BCUT2D eigenvalue weighted by Crippen LogP contribution is 2.43. The summed E-state index contributed by atoms with van der Waals surface area (Å²) in [4.78, 5) is 0. The van der Waals surface area contributed by atoms with Crippen LogP contribution in [-0.2, 0) is 0 Å². The molecule has 1 unspecified atom stereocenters. The fourth-order valence-electron chi connectivity index (χ4n) is 1.06. The molecule has 0 saturated carbocycles. The summed E-state index contributed by atoms with van der Waals surface area (Å²) in [6.07, 6.45) is -1.24. The Morgan fingerprint density at radius 3 is 2.36 bits per heavy atom. The van der Waals surface area contributed by atoms with Crippen LogP contribution in [0.5, 0.6) is 17.2 Å². The van der Waals surface area contributed by atoms with Gasteiger partial charge in [-0.2, -0.15) is 0 Å². The third-order valence-electron chi connectivity index (χ3n) is 1.79. The Morgan fingerprint density at radius 2 is 1.86 bits per heavy atom. The molecule has 78 valence electrons. The van der Waals surface area contributed by atoms with E-state index in [2.05, 4.69) is 0 Å². The summed E-state index contributed by atoms with van der Waals surface area (Å²) in [6.45, 7) is -0.184. The van der Waals surface area contributed by atoms with Crippen LogP contribution in [-0.4, -0.2) is 27.0 Å². The summed E-state index contributed by atoms with van der Waals surface area (Å²) < 4.78 is 0. The first-order valence-corrected chi connectivity index (χ1v) is 4.18. The number of halogens is 1. The Labute approximate surface area is 85.0 Å². The van der Waals surface area contributed by atoms with E-state index in [-0.39, 0.29) is 17.1 Å². The molecule has 5 nitrogen and oxygen atoms in total. The van der Waals surface area contributed by atoms with Crippen molar-refractivity contribution in [3.05, 3.63) is 16.7 Å². The molecule has 0 fully saturated rings. The molecule has 0 aromatic heterocycles. The number of phenolic OH excluding ortho intramolecular Hbond substituents is 3. The summed E-state index contributed by atoms with van der Waals surface area (Å²) in [7, 11) is 0. The SMILES string of the molecule is NCC(O)c1c(O)c(O)cc(O)c1Cl. The van der Waals surface area contributed by atoms with E-state index >= 15 is 0 Å². The minimum Gasteiger partial charge on any atom is -0.506 e. The zero-order chi connectivity index (χ0) is 10.9. The first-order valence-electron chi connectivity index (χ1n) is 3.80. The maximum atomic E-state index is 9.35. The van der Waals surface area contributed by atoms with E-state index in [0.717, 1.165) is 6.07 Å². The van der Waals surface area contributed by atoms with Crippen molar-refractivity contribution >= 4 is 11.6 Å². The summed E-state index contributed by atoms with van der Waals surface area (Å²) in [5.41, 5.74) is 4.98. The van der Waals surface area contributed by atoms with Crippen LogP contribution in [0.3, 0.4) is 0 Å². The summed E-state index contributed by atoms with van der Waals surface area (Å²) in [6, 6.07) is 0.879. The van der Waals surface area contributed by atoms with Crippen LogP contribution in [0.2, 0.25) is 5.02 Å². The van der Waals surface area contributed by atoms with Gasteiger partial charge in [-0.25, -0.2) is 0 Å². The fourth-order valence-corrected chi connectivity index (χ4v) is 1.33. The van der Waals surface area contributed by atoms with Crippen molar-refractivity contribution in [3.8, 4) is 17.2 Å². The average molecular weight is 220 g/mol. The van der Waals surface area contributed by atoms with E-state index in [9.17, 15) is 15.3 Å². The molecule has 0 amide bonds. The minimum absolute atomic E-state index is 0.174. The third-order valence-corrected chi connectivity index (χ3v) is 2.19. The molecule has 0 spiro atoms. The number of benzene rings is 1. The molecule has 1 aromatic carbocycles. The van der Waals surface area contributed by atoms with Gasteiger partial charge in [0.1, 0.15) is 5.75 Å². The molecule has 0 saturated heterocycles. The lowest BCUT2D eigenvalue weighted by atomic mass is 10.1. The van der Waals surface area contributed by atoms with Crippen LogP contribution in [0, 0.1) is 0 Å². The molecule has 6 N–H and O–H groups in total. The van der Waals surface area contributed by atoms with Crippen molar-refractivity contribution in [2.45, 2.75) is 6.10 Å². The second-order valence-corrected chi connectivity index (χ2v) is 3.12. The van der Waals surface area contributed by atoms with Gasteiger partial charge in [0.05, 0.1) is 11.1 Å². The molecule has 1 atom stereocenters. The molecule has 6 heteroatoms. The lowest BCUT2D eigenvalue weighted by Gasteiger charge is -2.14. The Kier molecular flexibility index (Phi) is 3.05. The smallest absolute Gasteiger partial charge is 0.165 e. The largest absolute Gasteiger partial charge is 0.506 e. The highest BCUT2D eigenvalue weighted by Gasteiger charge is 2.21. The van der Waals surface area contributed by atoms with Crippen molar-refractivity contribution in [2.24, 2.45) is 5.73 Å². The second-order valence-electron chi connectivity index (χ2n) is 2.74. The van der Waals surface area contributed by atoms with Crippen molar-refractivity contribution in [1.82, 2.24) is 0 Å². The van der Waals surface area contributed by atoms with Gasteiger partial charge in [0.2, 0.25) is 0 Å². The lowest BCUT2D eigenvalue weighted by molar-refractivity contribution is 0.181. The van der Waals surface area contributed by atoms with Crippen molar-refractivity contribution in [1.29, 1.82) is 0 Å². The molecule has 0 bridgehead atoms. The van der Waals surface area contributed by atoms with Gasteiger partial charge in [-0.05, 0) is 0 Å². The van der Waals surface area contributed by atoms with Crippen LogP contribution in [0.15, 0.2) is 6.07 Å². The minimum atomic E-state index is -1.24. The maximum absolute atomic E-state index is 9.35. The Morgan fingerprint density at radius 1 is 1.29 bits per heavy atom. The average Bonchev–Trinajstić information content (AvgIpc) is 2.15. The molecule has 0 radical (unpaired) electrons. The van der Waals surface area contributed by atoms with E-state index in [1.54, 1.807) is 0 Å². The lowest BCUT2D eigenvalue weighted by Crippen LogP contribution is -2.12. The Balaban J connectivity index is 3.39. The number of aliphatic hydroxyl groups is 1. The van der Waals surface area contributed by atoms with Crippen molar-refractivity contribution in [2.75, 3.05) is 6.54 Å². The highest BCUT2D eigenvalue weighted by molar-refractivity contribution is 6.33. The molecule has 1 rings (SSSR count). The van der Waals surface area contributed by atoms with Crippen LogP contribution in [0.4, 0.5) is 0 Å². The quantitative estimate of drug-likeness (QED) is 0.367. The van der Waals surface area contributed by atoms with E-state index in [1.807, 2.05) is 0 Å². The van der Waals surface area contributed by atoms with Crippen LogP contribution >= 0.6 is 11.6 Å². The molecular weight excluding hydrogens is 210 g/mol. The van der Waals surface area contributed by atoms with Gasteiger partial charge >= 0.3 is 0 Å².